The highest BCUT2D eigenvalue weighted by Gasteiger charge is 2.23. The lowest BCUT2D eigenvalue weighted by atomic mass is 10.2. The van der Waals surface area contributed by atoms with Crippen molar-refractivity contribution < 1.29 is 14.5 Å². The maximum absolute atomic E-state index is 12.5. The van der Waals surface area contributed by atoms with E-state index >= 15 is 0 Å². The number of aromatic nitrogens is 2. The summed E-state index contributed by atoms with van der Waals surface area (Å²) in [4.78, 5) is 22.9. The van der Waals surface area contributed by atoms with Crippen LogP contribution in [0.4, 0.5) is 5.69 Å². The second kappa shape index (κ2) is 6.60. The van der Waals surface area contributed by atoms with Crippen LogP contribution in [-0.2, 0) is 0 Å². The third-order valence-electron chi connectivity index (χ3n) is 3.51. The molecule has 0 fully saturated rings. The minimum Gasteiger partial charge on any atom is -0.481 e. The van der Waals surface area contributed by atoms with Gasteiger partial charge in [0.15, 0.2) is 6.10 Å². The number of hydrogen-bond donors (Lipinski definition) is 0. The van der Waals surface area contributed by atoms with Gasteiger partial charge in [-0.3, -0.25) is 14.9 Å². The molecule has 0 spiro atoms. The smallest absolute Gasteiger partial charge is 0.288 e. The van der Waals surface area contributed by atoms with Gasteiger partial charge in [0.1, 0.15) is 5.75 Å². The molecule has 2 rings (SSSR count). The third kappa shape index (κ3) is 3.56. The quantitative estimate of drug-likeness (QED) is 0.624. The van der Waals surface area contributed by atoms with Gasteiger partial charge in [-0.05, 0) is 45.4 Å². The van der Waals surface area contributed by atoms with E-state index in [1.165, 1.54) is 16.8 Å². The molecule has 0 saturated carbocycles. The summed E-state index contributed by atoms with van der Waals surface area (Å²) in [6.07, 6.45) is -0.235. The number of hydrogen-bond acceptors (Lipinski definition) is 5. The number of nitro groups is 1. The number of ether oxygens (including phenoxy) is 1. The molecule has 0 radical (unpaired) electrons. The van der Waals surface area contributed by atoms with E-state index in [4.69, 9.17) is 4.74 Å². The van der Waals surface area contributed by atoms with Crippen molar-refractivity contribution in [1.82, 2.24) is 9.78 Å². The molecule has 0 amide bonds. The van der Waals surface area contributed by atoms with Gasteiger partial charge in [-0.25, -0.2) is 4.68 Å². The molecule has 1 aromatic carbocycles. The molecule has 7 heteroatoms. The van der Waals surface area contributed by atoms with E-state index in [2.05, 4.69) is 5.10 Å². The largest absolute Gasteiger partial charge is 0.481 e. The summed E-state index contributed by atoms with van der Waals surface area (Å²) >= 11 is 0. The standard InChI is InChI=1S/C16H19N3O4/c1-5-15(16(20)18-12(4)9-11(3)17-18)23-13-6-7-14(19(21)22)10(2)8-13/h6-9,15H,5H2,1-4H3. The predicted octanol–water partition coefficient (Wildman–Crippen LogP) is 3.21. The fourth-order valence-corrected chi connectivity index (χ4v) is 2.37. The Hall–Kier alpha value is -2.70. The molecule has 2 aromatic rings. The monoisotopic (exact) mass is 317 g/mol. The Morgan fingerprint density at radius 3 is 2.52 bits per heavy atom. The lowest BCUT2D eigenvalue weighted by Gasteiger charge is -2.17. The average Bonchev–Trinajstić information content (AvgIpc) is 2.82. The van der Waals surface area contributed by atoms with Gasteiger partial charge in [-0.2, -0.15) is 5.10 Å². The Balaban J connectivity index is 2.22. The van der Waals surface area contributed by atoms with E-state index in [-0.39, 0.29) is 11.6 Å². The Morgan fingerprint density at radius 2 is 2.04 bits per heavy atom. The minimum absolute atomic E-state index is 0.0234. The van der Waals surface area contributed by atoms with Crippen molar-refractivity contribution >= 4 is 11.6 Å². The molecule has 7 nitrogen and oxygen atoms in total. The molecule has 0 aliphatic heterocycles. The average molecular weight is 317 g/mol. The normalized spacial score (nSPS) is 12.0. The summed E-state index contributed by atoms with van der Waals surface area (Å²) in [5, 5.41) is 15.0. The maximum atomic E-state index is 12.5. The van der Waals surface area contributed by atoms with E-state index in [9.17, 15) is 14.9 Å². The summed E-state index contributed by atoms with van der Waals surface area (Å²) in [5.41, 5.74) is 2.02. The zero-order valence-electron chi connectivity index (χ0n) is 13.6. The zero-order chi connectivity index (χ0) is 17.1. The van der Waals surface area contributed by atoms with Crippen LogP contribution in [0.5, 0.6) is 5.75 Å². The first-order valence-corrected chi connectivity index (χ1v) is 7.32. The topological polar surface area (TPSA) is 87.3 Å². The molecule has 0 bridgehead atoms. The van der Waals surface area contributed by atoms with E-state index in [1.807, 2.05) is 19.9 Å². The van der Waals surface area contributed by atoms with Crippen LogP contribution in [0.15, 0.2) is 24.3 Å². The molecule has 0 N–H and O–H groups in total. The number of carbonyl (C=O) groups excluding carboxylic acids is 1. The second-order valence-corrected chi connectivity index (χ2v) is 5.40. The van der Waals surface area contributed by atoms with Crippen molar-refractivity contribution in [3.63, 3.8) is 0 Å². The van der Waals surface area contributed by atoms with Crippen molar-refractivity contribution in [2.75, 3.05) is 0 Å². The van der Waals surface area contributed by atoms with Gasteiger partial charge < -0.3 is 4.74 Å². The molecule has 0 aliphatic rings. The lowest BCUT2D eigenvalue weighted by Crippen LogP contribution is -2.33. The van der Waals surface area contributed by atoms with Crippen LogP contribution in [0.3, 0.4) is 0 Å². The summed E-state index contributed by atoms with van der Waals surface area (Å²) < 4.78 is 7.06. The van der Waals surface area contributed by atoms with Crippen LogP contribution in [-0.4, -0.2) is 26.7 Å². The predicted molar refractivity (Wildman–Crippen MR) is 84.9 cm³/mol. The van der Waals surface area contributed by atoms with Gasteiger partial charge in [0.05, 0.1) is 10.6 Å². The molecule has 23 heavy (non-hydrogen) atoms. The van der Waals surface area contributed by atoms with Gasteiger partial charge in [-0.15, -0.1) is 0 Å². The Bertz CT molecular complexity index is 752. The summed E-state index contributed by atoms with van der Waals surface area (Å²) in [6, 6.07) is 6.27. The number of carbonyl (C=O) groups is 1. The summed E-state index contributed by atoms with van der Waals surface area (Å²) in [6.45, 7) is 7.10. The van der Waals surface area contributed by atoms with Crippen LogP contribution in [0.2, 0.25) is 0 Å². The van der Waals surface area contributed by atoms with Gasteiger partial charge in [0.2, 0.25) is 0 Å². The van der Waals surface area contributed by atoms with Crippen molar-refractivity contribution in [3.8, 4) is 5.75 Å². The number of benzene rings is 1. The molecule has 1 aromatic heterocycles. The minimum atomic E-state index is -0.700. The first-order chi connectivity index (χ1) is 10.8. The van der Waals surface area contributed by atoms with E-state index < -0.39 is 11.0 Å². The van der Waals surface area contributed by atoms with Gasteiger partial charge >= 0.3 is 0 Å². The molecule has 0 saturated heterocycles. The maximum Gasteiger partial charge on any atom is 0.288 e. The fraction of sp³-hybridized carbons (Fsp3) is 0.375. The highest BCUT2D eigenvalue weighted by atomic mass is 16.6. The van der Waals surface area contributed by atoms with Gasteiger partial charge in [0, 0.05) is 17.3 Å². The molecular weight excluding hydrogens is 298 g/mol. The third-order valence-corrected chi connectivity index (χ3v) is 3.51. The molecule has 122 valence electrons. The van der Waals surface area contributed by atoms with Crippen molar-refractivity contribution in [1.29, 1.82) is 0 Å². The van der Waals surface area contributed by atoms with Crippen LogP contribution < -0.4 is 4.74 Å². The number of aryl methyl sites for hydroxylation is 3. The van der Waals surface area contributed by atoms with Crippen molar-refractivity contribution in [2.24, 2.45) is 0 Å². The zero-order valence-corrected chi connectivity index (χ0v) is 13.6. The molecule has 1 unspecified atom stereocenters. The Labute approximate surface area is 134 Å². The van der Waals surface area contributed by atoms with Crippen molar-refractivity contribution in [3.05, 3.63) is 51.3 Å². The number of nitrogens with zero attached hydrogens (tertiary/aromatic N) is 3. The van der Waals surface area contributed by atoms with Gasteiger partial charge in [0.25, 0.3) is 11.6 Å². The fourth-order valence-electron chi connectivity index (χ4n) is 2.37. The summed E-state index contributed by atoms with van der Waals surface area (Å²) in [5.74, 6) is 0.170. The molecular formula is C16H19N3O4. The molecule has 1 atom stereocenters. The first kappa shape index (κ1) is 16.7. The van der Waals surface area contributed by atoms with Crippen molar-refractivity contribution in [2.45, 2.75) is 40.2 Å². The van der Waals surface area contributed by atoms with Crippen LogP contribution >= 0.6 is 0 Å². The number of nitro benzene ring substituents is 1. The van der Waals surface area contributed by atoms with E-state index in [1.54, 1.807) is 19.9 Å². The lowest BCUT2D eigenvalue weighted by molar-refractivity contribution is -0.385. The summed E-state index contributed by atoms with van der Waals surface area (Å²) in [7, 11) is 0. The first-order valence-electron chi connectivity index (χ1n) is 7.32. The van der Waals surface area contributed by atoms with Gasteiger partial charge in [-0.1, -0.05) is 6.92 Å². The van der Waals surface area contributed by atoms with Crippen LogP contribution in [0, 0.1) is 30.9 Å². The van der Waals surface area contributed by atoms with Crippen LogP contribution in [0.1, 0.15) is 35.1 Å². The van der Waals surface area contributed by atoms with E-state index in [0.717, 1.165) is 11.4 Å². The number of rotatable bonds is 5. The highest BCUT2D eigenvalue weighted by Crippen LogP contribution is 2.24. The Kier molecular flexibility index (Phi) is 4.78. The Morgan fingerprint density at radius 1 is 1.35 bits per heavy atom. The van der Waals surface area contributed by atoms with E-state index in [0.29, 0.717) is 17.7 Å². The highest BCUT2D eigenvalue weighted by molar-refractivity contribution is 5.83. The molecule has 0 aliphatic carbocycles. The van der Waals surface area contributed by atoms with Crippen LogP contribution in [0.25, 0.3) is 0 Å². The second-order valence-electron chi connectivity index (χ2n) is 5.40. The molecule has 1 heterocycles. The SMILES string of the molecule is CCC(Oc1ccc([N+](=O)[O-])c(C)c1)C(=O)n1nc(C)cc1C.